The summed E-state index contributed by atoms with van der Waals surface area (Å²) >= 11 is 5.48. The van der Waals surface area contributed by atoms with E-state index in [9.17, 15) is 18.0 Å². The number of ether oxygens (including phenoxy) is 2. The zero-order valence-electron chi connectivity index (χ0n) is 11.3. The van der Waals surface area contributed by atoms with Crippen molar-refractivity contribution in [2.75, 3.05) is 26.1 Å². The monoisotopic (exact) mass is 326 g/mol. The van der Waals surface area contributed by atoms with Gasteiger partial charge in [0.1, 0.15) is 0 Å². The van der Waals surface area contributed by atoms with Crippen molar-refractivity contribution in [2.24, 2.45) is 0 Å². The van der Waals surface area contributed by atoms with Gasteiger partial charge in [0.25, 0.3) is 0 Å². The zero-order chi connectivity index (χ0) is 16.0. The average molecular weight is 327 g/mol. The van der Waals surface area contributed by atoms with Crippen LogP contribution in [-0.4, -0.2) is 33.1 Å². The quantitative estimate of drug-likeness (QED) is 0.817. The fourth-order valence-corrected chi connectivity index (χ4v) is 1.66. The van der Waals surface area contributed by atoms with E-state index in [1.165, 1.54) is 20.3 Å². The standard InChI is InChI=1S/C12H14ClF3N2O3/c1-20-10(21-2)6-17-11(19)18-7-3-4-9(13)8(5-7)12(14,15)16/h3-5,10H,6H2,1-2H3,(H2,17,18,19). The summed E-state index contributed by atoms with van der Waals surface area (Å²) in [6.07, 6.45) is -5.24. The summed E-state index contributed by atoms with van der Waals surface area (Å²) in [6.45, 7) is 0.0402. The van der Waals surface area contributed by atoms with E-state index in [2.05, 4.69) is 10.6 Å². The molecule has 0 heterocycles. The Balaban J connectivity index is 2.69. The molecule has 2 N–H and O–H groups in total. The number of urea groups is 1. The molecule has 0 aliphatic heterocycles. The van der Waals surface area contributed by atoms with E-state index in [1.54, 1.807) is 0 Å². The first-order valence-electron chi connectivity index (χ1n) is 5.75. The van der Waals surface area contributed by atoms with E-state index in [0.29, 0.717) is 0 Å². The molecule has 0 saturated carbocycles. The minimum Gasteiger partial charge on any atom is -0.354 e. The number of carbonyl (C=O) groups is 1. The Labute approximate surface area is 124 Å². The molecule has 9 heteroatoms. The number of methoxy groups -OCH3 is 2. The Kier molecular flexibility index (Phi) is 6.25. The molecule has 0 aliphatic carbocycles. The van der Waals surface area contributed by atoms with E-state index in [-0.39, 0.29) is 12.2 Å². The zero-order valence-corrected chi connectivity index (χ0v) is 12.0. The lowest BCUT2D eigenvalue weighted by Gasteiger charge is -2.15. The highest BCUT2D eigenvalue weighted by molar-refractivity contribution is 6.31. The second-order valence-corrected chi connectivity index (χ2v) is 4.34. The van der Waals surface area contributed by atoms with Crippen molar-refractivity contribution < 1.29 is 27.4 Å². The summed E-state index contributed by atoms with van der Waals surface area (Å²) < 4.78 is 47.7. The second kappa shape index (κ2) is 7.48. The van der Waals surface area contributed by atoms with Crippen molar-refractivity contribution in [1.82, 2.24) is 5.32 Å². The highest BCUT2D eigenvalue weighted by Gasteiger charge is 2.33. The molecule has 0 saturated heterocycles. The van der Waals surface area contributed by atoms with Crippen LogP contribution in [0.4, 0.5) is 23.7 Å². The molecule has 0 fully saturated rings. The third-order valence-electron chi connectivity index (χ3n) is 2.48. The number of hydrogen-bond acceptors (Lipinski definition) is 3. The van der Waals surface area contributed by atoms with E-state index in [0.717, 1.165) is 12.1 Å². The third kappa shape index (κ3) is 5.41. The lowest BCUT2D eigenvalue weighted by molar-refractivity contribution is -0.137. The third-order valence-corrected chi connectivity index (χ3v) is 2.81. The number of hydrogen-bond donors (Lipinski definition) is 2. The molecule has 21 heavy (non-hydrogen) atoms. The number of halogens is 4. The van der Waals surface area contributed by atoms with Gasteiger partial charge in [-0.3, -0.25) is 0 Å². The Morgan fingerprint density at radius 3 is 2.48 bits per heavy atom. The SMILES string of the molecule is COC(CNC(=O)Nc1ccc(Cl)c(C(F)(F)F)c1)OC. The minimum absolute atomic E-state index is 0.0318. The van der Waals surface area contributed by atoms with Crippen LogP contribution in [0, 0.1) is 0 Å². The van der Waals surface area contributed by atoms with Crippen LogP contribution in [-0.2, 0) is 15.7 Å². The normalized spacial score (nSPS) is 11.6. The maximum Gasteiger partial charge on any atom is 0.417 e. The summed E-state index contributed by atoms with van der Waals surface area (Å²) in [6, 6.07) is 2.39. The molecular weight excluding hydrogens is 313 g/mol. The summed E-state index contributed by atoms with van der Waals surface area (Å²) in [7, 11) is 2.78. The van der Waals surface area contributed by atoms with E-state index in [4.69, 9.17) is 21.1 Å². The summed E-state index contributed by atoms with van der Waals surface area (Å²) in [4.78, 5) is 11.5. The highest BCUT2D eigenvalue weighted by atomic mass is 35.5. The lowest BCUT2D eigenvalue weighted by atomic mass is 10.2. The summed E-state index contributed by atoms with van der Waals surface area (Å²) in [5.41, 5.74) is -1.05. The van der Waals surface area contributed by atoms with Gasteiger partial charge >= 0.3 is 12.2 Å². The Bertz CT molecular complexity index is 493. The van der Waals surface area contributed by atoms with Gasteiger partial charge in [-0.1, -0.05) is 11.6 Å². The molecule has 0 radical (unpaired) electrons. The highest BCUT2D eigenvalue weighted by Crippen LogP contribution is 2.36. The fourth-order valence-electron chi connectivity index (χ4n) is 1.43. The van der Waals surface area contributed by atoms with Crippen LogP contribution in [0.3, 0.4) is 0 Å². The molecule has 0 aliphatic rings. The predicted molar refractivity (Wildman–Crippen MR) is 71.3 cm³/mol. The van der Waals surface area contributed by atoms with Crippen LogP contribution in [0.2, 0.25) is 5.02 Å². The van der Waals surface area contributed by atoms with Gasteiger partial charge in [0.05, 0.1) is 17.1 Å². The molecule has 118 valence electrons. The molecule has 0 aromatic heterocycles. The predicted octanol–water partition coefficient (Wildman–Crippen LogP) is 3.10. The number of alkyl halides is 3. The largest absolute Gasteiger partial charge is 0.417 e. The van der Waals surface area contributed by atoms with Gasteiger partial charge in [0.2, 0.25) is 0 Å². The van der Waals surface area contributed by atoms with E-state index < -0.39 is 29.1 Å². The summed E-state index contributed by atoms with van der Waals surface area (Å²) in [5.74, 6) is 0. The number of benzene rings is 1. The number of amides is 2. The van der Waals surface area contributed by atoms with Crippen molar-refractivity contribution in [2.45, 2.75) is 12.5 Å². The van der Waals surface area contributed by atoms with E-state index in [1.807, 2.05) is 0 Å². The fraction of sp³-hybridized carbons (Fsp3) is 0.417. The molecule has 2 amide bonds. The first-order valence-corrected chi connectivity index (χ1v) is 6.13. The first-order chi connectivity index (χ1) is 9.77. The van der Waals surface area contributed by atoms with Gasteiger partial charge < -0.3 is 20.1 Å². The number of anilines is 1. The molecule has 5 nitrogen and oxygen atoms in total. The van der Waals surface area contributed by atoms with Crippen LogP contribution < -0.4 is 10.6 Å². The lowest BCUT2D eigenvalue weighted by Crippen LogP contribution is -2.36. The van der Waals surface area contributed by atoms with Gasteiger partial charge in [-0.15, -0.1) is 0 Å². The molecule has 0 unspecified atom stereocenters. The van der Waals surface area contributed by atoms with Gasteiger partial charge in [-0.25, -0.2) is 4.79 Å². The van der Waals surface area contributed by atoms with Crippen molar-refractivity contribution in [1.29, 1.82) is 0 Å². The van der Waals surface area contributed by atoms with Crippen molar-refractivity contribution >= 4 is 23.3 Å². The molecule has 1 aromatic rings. The van der Waals surface area contributed by atoms with Crippen molar-refractivity contribution in [3.63, 3.8) is 0 Å². The summed E-state index contributed by atoms with van der Waals surface area (Å²) in [5, 5.41) is 4.22. The molecule has 0 spiro atoms. The van der Waals surface area contributed by atoms with Crippen LogP contribution in [0.15, 0.2) is 18.2 Å². The Hall–Kier alpha value is -1.51. The van der Waals surface area contributed by atoms with Gasteiger partial charge in [-0.2, -0.15) is 13.2 Å². The topological polar surface area (TPSA) is 59.6 Å². The molecule has 1 rings (SSSR count). The number of rotatable bonds is 5. The molecular formula is C12H14ClF3N2O3. The maximum absolute atomic E-state index is 12.7. The molecule has 1 aromatic carbocycles. The van der Waals surface area contributed by atoms with Gasteiger partial charge in [-0.05, 0) is 18.2 Å². The number of nitrogens with one attached hydrogen (secondary N) is 2. The van der Waals surface area contributed by atoms with Crippen LogP contribution in [0.1, 0.15) is 5.56 Å². The average Bonchev–Trinajstić information content (AvgIpc) is 2.41. The van der Waals surface area contributed by atoms with Crippen LogP contribution >= 0.6 is 11.6 Å². The van der Waals surface area contributed by atoms with Crippen LogP contribution in [0.25, 0.3) is 0 Å². The maximum atomic E-state index is 12.7. The Morgan fingerprint density at radius 1 is 1.33 bits per heavy atom. The molecule has 0 atom stereocenters. The second-order valence-electron chi connectivity index (χ2n) is 3.93. The number of carbonyl (C=O) groups excluding carboxylic acids is 1. The first kappa shape index (κ1) is 17.5. The van der Waals surface area contributed by atoms with E-state index >= 15 is 0 Å². The van der Waals surface area contributed by atoms with Gasteiger partial charge in [0.15, 0.2) is 6.29 Å². The minimum atomic E-state index is -4.59. The Morgan fingerprint density at radius 2 is 1.95 bits per heavy atom. The molecule has 0 bridgehead atoms. The van der Waals surface area contributed by atoms with Crippen molar-refractivity contribution in [3.05, 3.63) is 28.8 Å². The van der Waals surface area contributed by atoms with Gasteiger partial charge in [0, 0.05) is 19.9 Å². The van der Waals surface area contributed by atoms with Crippen molar-refractivity contribution in [3.8, 4) is 0 Å². The van der Waals surface area contributed by atoms with Crippen LogP contribution in [0.5, 0.6) is 0 Å². The smallest absolute Gasteiger partial charge is 0.354 e.